The van der Waals surface area contributed by atoms with Crippen LogP contribution in [0.25, 0.3) is 0 Å². The number of aliphatic hydroxyl groups is 5. The predicted octanol–water partition coefficient (Wildman–Crippen LogP) is 14.8. The van der Waals surface area contributed by atoms with Gasteiger partial charge in [-0.05, 0) is 110 Å². The number of unbranched alkanes of at least 4 members (excludes halogenated alkanes) is 30. The van der Waals surface area contributed by atoms with Crippen molar-refractivity contribution in [1.82, 2.24) is 5.32 Å². The number of aliphatic hydroxyl groups excluding tert-OH is 5. The first-order chi connectivity index (χ1) is 37.2. The SMILES string of the molecule is C/C=C/CC/C=C/CC/C=C/C(O)C(COC1OC(CO)C(O)C(O)C1O)NC(=O)CCCCCCCCC/C=C\CCCCCCCCCCCOC(=O)CCCCCCCCCCC/C=C\C/C=C\CCCCC. The van der Waals surface area contributed by atoms with Gasteiger partial charge >= 0.3 is 5.97 Å². The highest BCUT2D eigenvalue weighted by Crippen LogP contribution is 2.23. The Hall–Kier alpha value is -2.90. The van der Waals surface area contributed by atoms with E-state index in [4.69, 9.17) is 14.2 Å². The standard InChI is InChI=1S/C65H115NO10/c1-3-5-7-9-11-13-14-15-16-17-20-24-27-30-33-37-41-45-49-53-61(70)74-54-50-46-42-38-34-31-28-25-22-19-18-21-23-26-29-32-36-40-44-48-52-60(69)66-57(58(68)51-47-43-39-35-12-10-8-6-4-2)56-75-65-64(73)63(72)62(71)59(55-67)76-65/h4,6,11-13,15-16,18,21,35,47,51,57-59,62-65,67-68,71-73H,3,5,7-10,14,17,19-20,22-34,36-46,48-50,52-56H2,1-2H3,(H,66,69)/b6-4+,13-11-,16-15-,21-18-,35-12+,51-47+. The summed E-state index contributed by atoms with van der Waals surface area (Å²) in [5.41, 5.74) is 0. The molecule has 0 spiro atoms. The van der Waals surface area contributed by atoms with Crippen molar-refractivity contribution in [3.8, 4) is 0 Å². The average Bonchev–Trinajstić information content (AvgIpc) is 3.42. The highest BCUT2D eigenvalue weighted by atomic mass is 16.7. The van der Waals surface area contributed by atoms with Crippen molar-refractivity contribution < 1.29 is 49.3 Å². The second-order valence-electron chi connectivity index (χ2n) is 21.4. The summed E-state index contributed by atoms with van der Waals surface area (Å²) >= 11 is 0. The van der Waals surface area contributed by atoms with E-state index < -0.39 is 49.5 Å². The number of carbonyl (C=O) groups is 2. The molecule has 0 aliphatic carbocycles. The molecule has 11 nitrogen and oxygen atoms in total. The Morgan fingerprint density at radius 2 is 0.947 bits per heavy atom. The van der Waals surface area contributed by atoms with E-state index in [9.17, 15) is 35.1 Å². The number of hydrogen-bond acceptors (Lipinski definition) is 10. The molecule has 0 aromatic rings. The number of nitrogens with one attached hydrogen (secondary N) is 1. The molecule has 0 bridgehead atoms. The zero-order valence-electron chi connectivity index (χ0n) is 48.4. The van der Waals surface area contributed by atoms with Gasteiger partial charge in [0, 0.05) is 12.8 Å². The molecule has 0 aromatic heterocycles. The predicted molar refractivity (Wildman–Crippen MR) is 315 cm³/mol. The van der Waals surface area contributed by atoms with E-state index in [0.717, 1.165) is 83.5 Å². The molecular formula is C65H115NO10. The smallest absolute Gasteiger partial charge is 0.305 e. The number of ether oxygens (including phenoxy) is 3. The fourth-order valence-corrected chi connectivity index (χ4v) is 9.38. The van der Waals surface area contributed by atoms with E-state index >= 15 is 0 Å². The number of esters is 1. The molecule has 1 fully saturated rings. The van der Waals surface area contributed by atoms with Gasteiger partial charge in [0.2, 0.25) is 5.91 Å². The summed E-state index contributed by atoms with van der Waals surface area (Å²) in [5, 5.41) is 54.1. The van der Waals surface area contributed by atoms with Crippen molar-refractivity contribution in [3.05, 3.63) is 72.9 Å². The zero-order valence-corrected chi connectivity index (χ0v) is 48.4. The third-order valence-electron chi connectivity index (χ3n) is 14.3. The van der Waals surface area contributed by atoms with Crippen LogP contribution < -0.4 is 5.32 Å². The van der Waals surface area contributed by atoms with E-state index in [2.05, 4.69) is 66.9 Å². The molecule has 1 amide bonds. The van der Waals surface area contributed by atoms with Gasteiger partial charge in [0.05, 0.1) is 32.0 Å². The maximum absolute atomic E-state index is 13.0. The molecule has 1 aliphatic rings. The van der Waals surface area contributed by atoms with E-state index in [1.165, 1.54) is 148 Å². The minimum absolute atomic E-state index is 0.0135. The van der Waals surface area contributed by atoms with Crippen LogP contribution in [0.5, 0.6) is 0 Å². The second kappa shape index (κ2) is 54.1. The fourth-order valence-electron chi connectivity index (χ4n) is 9.38. The molecule has 6 N–H and O–H groups in total. The number of allylic oxidation sites excluding steroid dienone is 11. The summed E-state index contributed by atoms with van der Waals surface area (Å²) in [6.45, 7) is 4.04. The Balaban J connectivity index is 1.99. The minimum Gasteiger partial charge on any atom is -0.466 e. The summed E-state index contributed by atoms with van der Waals surface area (Å²) in [6, 6.07) is -0.841. The second-order valence-corrected chi connectivity index (χ2v) is 21.4. The molecule has 1 aliphatic heterocycles. The van der Waals surface area contributed by atoms with Crippen LogP contribution >= 0.6 is 0 Å². The Bertz CT molecular complexity index is 1490. The average molecular weight is 1070 g/mol. The first-order valence-electron chi connectivity index (χ1n) is 31.2. The zero-order chi connectivity index (χ0) is 55.2. The first-order valence-corrected chi connectivity index (χ1v) is 31.2. The van der Waals surface area contributed by atoms with Crippen LogP contribution in [0.4, 0.5) is 0 Å². The normalized spacial score (nSPS) is 19.2. The molecular weight excluding hydrogens is 955 g/mol. The number of carbonyl (C=O) groups excluding carboxylic acids is 2. The topological polar surface area (TPSA) is 175 Å². The van der Waals surface area contributed by atoms with Crippen LogP contribution in [0, 0.1) is 0 Å². The number of rotatable bonds is 53. The van der Waals surface area contributed by atoms with Crippen LogP contribution in [-0.4, -0.2) is 100 Å². The van der Waals surface area contributed by atoms with Crippen LogP contribution in [0.15, 0.2) is 72.9 Å². The Morgan fingerprint density at radius 1 is 0.513 bits per heavy atom. The summed E-state index contributed by atoms with van der Waals surface area (Å²) in [5.74, 6) is -0.223. The van der Waals surface area contributed by atoms with E-state index in [1.54, 1.807) is 6.08 Å². The summed E-state index contributed by atoms with van der Waals surface area (Å²) in [7, 11) is 0. The maximum atomic E-state index is 13.0. The molecule has 11 heteroatoms. The third-order valence-corrected chi connectivity index (χ3v) is 14.3. The number of amides is 1. The van der Waals surface area contributed by atoms with Gasteiger partial charge in [-0.25, -0.2) is 0 Å². The molecule has 0 radical (unpaired) electrons. The summed E-state index contributed by atoms with van der Waals surface area (Å²) < 4.78 is 16.7. The van der Waals surface area contributed by atoms with Gasteiger partial charge in [0.1, 0.15) is 24.4 Å². The van der Waals surface area contributed by atoms with Gasteiger partial charge in [-0.15, -0.1) is 0 Å². The molecule has 440 valence electrons. The Kier molecular flexibility index (Phi) is 50.6. The Labute approximate surface area is 464 Å². The number of hydrogen-bond donors (Lipinski definition) is 6. The van der Waals surface area contributed by atoms with Gasteiger partial charge in [0.15, 0.2) is 6.29 Å². The van der Waals surface area contributed by atoms with Gasteiger partial charge in [-0.2, -0.15) is 0 Å². The fraction of sp³-hybridized carbons (Fsp3) is 0.785. The van der Waals surface area contributed by atoms with Gasteiger partial charge in [-0.1, -0.05) is 215 Å². The van der Waals surface area contributed by atoms with Crippen molar-refractivity contribution in [1.29, 1.82) is 0 Å². The van der Waals surface area contributed by atoms with Crippen molar-refractivity contribution in [3.63, 3.8) is 0 Å². The highest BCUT2D eigenvalue weighted by Gasteiger charge is 2.44. The quantitative estimate of drug-likeness (QED) is 0.0195. The third kappa shape index (κ3) is 43.0. The molecule has 1 saturated heterocycles. The lowest BCUT2D eigenvalue weighted by molar-refractivity contribution is -0.302. The van der Waals surface area contributed by atoms with Gasteiger partial charge in [-0.3, -0.25) is 9.59 Å². The Morgan fingerprint density at radius 3 is 1.46 bits per heavy atom. The molecule has 1 rings (SSSR count). The molecule has 1 heterocycles. The van der Waals surface area contributed by atoms with Crippen LogP contribution in [0.2, 0.25) is 0 Å². The van der Waals surface area contributed by atoms with Crippen molar-refractivity contribution in [2.24, 2.45) is 0 Å². The van der Waals surface area contributed by atoms with Crippen LogP contribution in [0.3, 0.4) is 0 Å². The van der Waals surface area contributed by atoms with E-state index in [-0.39, 0.29) is 18.5 Å². The van der Waals surface area contributed by atoms with Gasteiger partial charge < -0.3 is 45.1 Å². The minimum atomic E-state index is -1.58. The van der Waals surface area contributed by atoms with Crippen LogP contribution in [-0.2, 0) is 23.8 Å². The monoisotopic (exact) mass is 1070 g/mol. The van der Waals surface area contributed by atoms with Crippen molar-refractivity contribution >= 4 is 11.9 Å². The summed E-state index contributed by atoms with van der Waals surface area (Å²) in [6.07, 6.45) is 61.8. The van der Waals surface area contributed by atoms with E-state index in [0.29, 0.717) is 25.9 Å². The molecule has 7 unspecified atom stereocenters. The molecule has 7 atom stereocenters. The molecule has 76 heavy (non-hydrogen) atoms. The first kappa shape index (κ1) is 71.1. The molecule has 0 aromatic carbocycles. The summed E-state index contributed by atoms with van der Waals surface area (Å²) in [4.78, 5) is 25.1. The lowest BCUT2D eigenvalue weighted by Crippen LogP contribution is -2.60. The van der Waals surface area contributed by atoms with Crippen molar-refractivity contribution in [2.45, 2.75) is 307 Å². The van der Waals surface area contributed by atoms with E-state index in [1.807, 2.05) is 19.1 Å². The van der Waals surface area contributed by atoms with Gasteiger partial charge in [0.25, 0.3) is 0 Å². The lowest BCUT2D eigenvalue weighted by Gasteiger charge is -2.40. The highest BCUT2D eigenvalue weighted by molar-refractivity contribution is 5.76. The van der Waals surface area contributed by atoms with Crippen LogP contribution in [0.1, 0.15) is 264 Å². The van der Waals surface area contributed by atoms with Crippen molar-refractivity contribution in [2.75, 3.05) is 19.8 Å². The maximum Gasteiger partial charge on any atom is 0.305 e. The molecule has 0 saturated carbocycles. The lowest BCUT2D eigenvalue weighted by atomic mass is 9.99. The largest absolute Gasteiger partial charge is 0.466 e.